The largest absolute Gasteiger partial charge is 0.372 e. The quantitative estimate of drug-likeness (QED) is 0.459. The summed E-state index contributed by atoms with van der Waals surface area (Å²) in [5, 5.41) is 3.26. The lowest BCUT2D eigenvalue weighted by molar-refractivity contribution is 0.101. The Kier molecular flexibility index (Phi) is 4.98. The molecule has 0 spiro atoms. The molecule has 0 saturated carbocycles. The highest BCUT2D eigenvalue weighted by atomic mass is 16.5. The highest BCUT2D eigenvalue weighted by Crippen LogP contribution is 2.28. The minimum absolute atomic E-state index is 0.0298. The molecule has 2 aromatic carbocycles. The van der Waals surface area contributed by atoms with Gasteiger partial charge in [-0.2, -0.15) is 0 Å². The molecule has 0 unspecified atom stereocenters. The first-order chi connectivity index (χ1) is 15.2. The van der Waals surface area contributed by atoms with Gasteiger partial charge in [0.2, 0.25) is 5.95 Å². The summed E-state index contributed by atoms with van der Waals surface area (Å²) in [6.07, 6.45) is 3.44. The van der Waals surface area contributed by atoms with E-state index in [0.717, 1.165) is 16.8 Å². The number of anilines is 2. The fourth-order valence-electron chi connectivity index (χ4n) is 3.72. The van der Waals surface area contributed by atoms with Crippen LogP contribution in [0.4, 0.5) is 11.6 Å². The number of ketones is 1. The number of fused-ring (bicyclic) bond motifs is 1. The van der Waals surface area contributed by atoms with Crippen molar-refractivity contribution in [2.45, 2.75) is 20.1 Å². The number of pyridine rings is 1. The molecule has 0 radical (unpaired) electrons. The second-order valence-electron chi connectivity index (χ2n) is 7.40. The molecular formula is C25H20N4O2. The maximum absolute atomic E-state index is 12.0. The zero-order chi connectivity index (χ0) is 21.2. The van der Waals surface area contributed by atoms with Gasteiger partial charge >= 0.3 is 0 Å². The van der Waals surface area contributed by atoms with Crippen LogP contribution in [0, 0.1) is 0 Å². The van der Waals surface area contributed by atoms with Crippen molar-refractivity contribution < 1.29 is 9.53 Å². The second-order valence-corrected chi connectivity index (χ2v) is 7.40. The van der Waals surface area contributed by atoms with Crippen LogP contribution in [0.25, 0.3) is 22.5 Å². The van der Waals surface area contributed by atoms with Crippen LogP contribution in [-0.4, -0.2) is 20.7 Å². The summed E-state index contributed by atoms with van der Waals surface area (Å²) in [6.45, 7) is 2.87. The van der Waals surface area contributed by atoms with Gasteiger partial charge in [-0.15, -0.1) is 0 Å². The monoisotopic (exact) mass is 408 g/mol. The van der Waals surface area contributed by atoms with E-state index >= 15 is 0 Å². The smallest absolute Gasteiger partial charge is 0.227 e. The van der Waals surface area contributed by atoms with Crippen LogP contribution in [0.3, 0.4) is 0 Å². The van der Waals surface area contributed by atoms with E-state index in [1.54, 1.807) is 19.3 Å². The number of carbonyl (C=O) groups is 1. The van der Waals surface area contributed by atoms with Crippen LogP contribution in [0.5, 0.6) is 0 Å². The topological polar surface area (TPSA) is 77.0 Å². The number of ether oxygens (including phenoxy) is 1. The second kappa shape index (κ2) is 8.08. The van der Waals surface area contributed by atoms with Gasteiger partial charge in [0, 0.05) is 23.6 Å². The third-order valence-electron chi connectivity index (χ3n) is 5.27. The molecule has 4 aromatic rings. The van der Waals surface area contributed by atoms with Crippen molar-refractivity contribution in [3.63, 3.8) is 0 Å². The lowest BCUT2D eigenvalue weighted by atomic mass is 9.97. The van der Waals surface area contributed by atoms with E-state index in [2.05, 4.69) is 32.4 Å². The van der Waals surface area contributed by atoms with Gasteiger partial charge in [0.25, 0.3) is 0 Å². The molecule has 152 valence electrons. The summed E-state index contributed by atoms with van der Waals surface area (Å²) < 4.78 is 5.48. The first-order valence-corrected chi connectivity index (χ1v) is 10.0. The van der Waals surface area contributed by atoms with Crippen LogP contribution in [-0.2, 0) is 18.0 Å². The number of hydrogen-bond acceptors (Lipinski definition) is 6. The van der Waals surface area contributed by atoms with Crippen LogP contribution >= 0.6 is 0 Å². The van der Waals surface area contributed by atoms with Crippen molar-refractivity contribution in [2.75, 3.05) is 5.32 Å². The summed E-state index contributed by atoms with van der Waals surface area (Å²) in [5.74, 6) is 0.523. The zero-order valence-electron chi connectivity index (χ0n) is 17.0. The summed E-state index contributed by atoms with van der Waals surface area (Å²) in [6, 6.07) is 19.4. The van der Waals surface area contributed by atoms with E-state index in [4.69, 9.17) is 4.74 Å². The van der Waals surface area contributed by atoms with Gasteiger partial charge in [0.15, 0.2) is 5.78 Å². The average Bonchev–Trinajstić information content (AvgIpc) is 3.27. The summed E-state index contributed by atoms with van der Waals surface area (Å²) in [7, 11) is 0. The molecule has 0 bridgehead atoms. The molecule has 1 aliphatic heterocycles. The van der Waals surface area contributed by atoms with E-state index in [1.807, 2.05) is 48.5 Å². The van der Waals surface area contributed by atoms with Crippen molar-refractivity contribution >= 4 is 17.4 Å². The molecule has 31 heavy (non-hydrogen) atoms. The van der Waals surface area contributed by atoms with Crippen molar-refractivity contribution in [2.24, 2.45) is 0 Å². The fourth-order valence-corrected chi connectivity index (χ4v) is 3.72. The Morgan fingerprint density at radius 3 is 2.65 bits per heavy atom. The van der Waals surface area contributed by atoms with Gasteiger partial charge in [-0.05, 0) is 59.5 Å². The Bertz CT molecular complexity index is 1290. The number of rotatable bonds is 5. The third kappa shape index (κ3) is 3.93. The van der Waals surface area contributed by atoms with Crippen molar-refractivity contribution in [3.8, 4) is 22.5 Å². The molecule has 6 nitrogen and oxygen atoms in total. The Morgan fingerprint density at radius 2 is 1.74 bits per heavy atom. The number of nitrogens with zero attached hydrogens (tertiary/aromatic N) is 3. The molecule has 2 aromatic heterocycles. The predicted molar refractivity (Wildman–Crippen MR) is 119 cm³/mol. The van der Waals surface area contributed by atoms with Crippen molar-refractivity contribution in [1.29, 1.82) is 0 Å². The molecule has 0 atom stereocenters. The van der Waals surface area contributed by atoms with Crippen LogP contribution < -0.4 is 5.32 Å². The van der Waals surface area contributed by atoms with E-state index in [9.17, 15) is 4.79 Å². The standard InChI is InChI=1S/C25H20N4O2/c1-16(30)21-4-2-3-5-22(21)17-8-10-26-24(13-17)23-9-11-27-25(29-23)28-20-7-6-18-14-31-15-19(18)12-20/h2-13H,14-15H2,1H3,(H,27,28,29). The van der Waals surface area contributed by atoms with Gasteiger partial charge < -0.3 is 10.1 Å². The van der Waals surface area contributed by atoms with E-state index in [1.165, 1.54) is 11.1 Å². The van der Waals surface area contributed by atoms with E-state index in [-0.39, 0.29) is 5.78 Å². The normalized spacial score (nSPS) is 12.4. The van der Waals surface area contributed by atoms with Gasteiger partial charge in [-0.1, -0.05) is 30.3 Å². The third-order valence-corrected chi connectivity index (χ3v) is 5.27. The number of aromatic nitrogens is 3. The summed E-state index contributed by atoms with van der Waals surface area (Å²) >= 11 is 0. The van der Waals surface area contributed by atoms with Crippen LogP contribution in [0.15, 0.2) is 73.1 Å². The molecule has 0 aliphatic carbocycles. The minimum atomic E-state index is 0.0298. The highest BCUT2D eigenvalue weighted by Gasteiger charge is 2.13. The Labute approximate surface area is 180 Å². The molecule has 5 rings (SSSR count). The van der Waals surface area contributed by atoms with Crippen LogP contribution in [0.2, 0.25) is 0 Å². The van der Waals surface area contributed by atoms with Crippen molar-refractivity contribution in [3.05, 3.63) is 89.7 Å². The molecule has 3 heterocycles. The van der Waals surface area contributed by atoms with E-state index < -0.39 is 0 Å². The number of benzene rings is 2. The predicted octanol–water partition coefficient (Wildman–Crippen LogP) is 5.18. The molecule has 1 N–H and O–H groups in total. The zero-order valence-corrected chi connectivity index (χ0v) is 17.0. The molecule has 0 fully saturated rings. The first kappa shape index (κ1) is 19.1. The number of nitrogens with one attached hydrogen (secondary N) is 1. The number of carbonyl (C=O) groups excluding carboxylic acids is 1. The van der Waals surface area contributed by atoms with Gasteiger partial charge in [-0.3, -0.25) is 9.78 Å². The van der Waals surface area contributed by atoms with Crippen LogP contribution in [0.1, 0.15) is 28.4 Å². The molecule has 1 aliphatic rings. The highest BCUT2D eigenvalue weighted by molar-refractivity contribution is 6.00. The molecular weight excluding hydrogens is 388 g/mol. The van der Waals surface area contributed by atoms with Gasteiger partial charge in [0.05, 0.1) is 24.6 Å². The number of hydrogen-bond donors (Lipinski definition) is 1. The average molecular weight is 408 g/mol. The first-order valence-electron chi connectivity index (χ1n) is 10.0. The minimum Gasteiger partial charge on any atom is -0.372 e. The maximum Gasteiger partial charge on any atom is 0.227 e. The van der Waals surface area contributed by atoms with E-state index in [0.29, 0.717) is 36.1 Å². The number of Topliss-reactive ketones (excluding diaryl/α,β-unsaturated/α-hetero) is 1. The van der Waals surface area contributed by atoms with Gasteiger partial charge in [0.1, 0.15) is 0 Å². The van der Waals surface area contributed by atoms with Crippen molar-refractivity contribution in [1.82, 2.24) is 15.0 Å². The molecule has 6 heteroatoms. The molecule has 0 saturated heterocycles. The summed E-state index contributed by atoms with van der Waals surface area (Å²) in [4.78, 5) is 25.5. The molecule has 0 amide bonds. The SMILES string of the molecule is CC(=O)c1ccccc1-c1ccnc(-c2ccnc(Nc3ccc4c(c3)COC4)n2)c1. The Morgan fingerprint density at radius 1 is 0.903 bits per heavy atom. The maximum atomic E-state index is 12.0. The lowest BCUT2D eigenvalue weighted by Gasteiger charge is -2.10. The van der Waals surface area contributed by atoms with Gasteiger partial charge in [-0.25, -0.2) is 9.97 Å². The summed E-state index contributed by atoms with van der Waals surface area (Å²) in [5.41, 5.74) is 7.21. The Hall–Kier alpha value is -3.90. The Balaban J connectivity index is 1.45. The fraction of sp³-hybridized carbons (Fsp3) is 0.120. The lowest BCUT2D eigenvalue weighted by Crippen LogP contribution is -2.00.